The van der Waals surface area contributed by atoms with Crippen molar-refractivity contribution in [2.75, 3.05) is 18.1 Å². The highest BCUT2D eigenvalue weighted by molar-refractivity contribution is 5.99. The van der Waals surface area contributed by atoms with Crippen molar-refractivity contribution in [2.24, 2.45) is 7.05 Å². The van der Waals surface area contributed by atoms with E-state index in [1.165, 1.54) is 0 Å². The lowest BCUT2D eigenvalue weighted by Crippen LogP contribution is -2.38. The molecular weight excluding hydrogens is 318 g/mol. The van der Waals surface area contributed by atoms with Crippen molar-refractivity contribution in [1.82, 2.24) is 9.78 Å². The molecule has 0 saturated heterocycles. The summed E-state index contributed by atoms with van der Waals surface area (Å²) in [6.07, 6.45) is 5.34. The summed E-state index contributed by atoms with van der Waals surface area (Å²) in [6.45, 7) is 4.73. The minimum Gasteiger partial charge on any atom is -0.462 e. The maximum atomic E-state index is 13.0. The summed E-state index contributed by atoms with van der Waals surface area (Å²) in [5.74, 6) is -0.528. The van der Waals surface area contributed by atoms with Gasteiger partial charge in [0.2, 0.25) is 5.91 Å². The minimum atomic E-state index is -0.322. The van der Waals surface area contributed by atoms with Crippen LogP contribution in [0, 0.1) is 0 Å². The molecule has 1 atom stereocenters. The van der Waals surface area contributed by atoms with E-state index in [0.29, 0.717) is 18.7 Å². The average molecular weight is 341 g/mol. The molecule has 0 aliphatic carbocycles. The van der Waals surface area contributed by atoms with E-state index in [-0.39, 0.29) is 17.8 Å². The predicted molar refractivity (Wildman–Crippen MR) is 94.7 cm³/mol. The van der Waals surface area contributed by atoms with Crippen LogP contribution in [0.3, 0.4) is 0 Å². The fourth-order valence-electron chi connectivity index (χ4n) is 3.21. The van der Waals surface area contributed by atoms with Crippen molar-refractivity contribution >= 4 is 17.6 Å². The molecule has 0 saturated carbocycles. The number of nitrogens with zero attached hydrogens (tertiary/aromatic N) is 3. The first kappa shape index (κ1) is 17.2. The van der Waals surface area contributed by atoms with E-state index >= 15 is 0 Å². The van der Waals surface area contributed by atoms with Crippen LogP contribution in [-0.2, 0) is 23.0 Å². The van der Waals surface area contributed by atoms with Gasteiger partial charge in [-0.3, -0.25) is 9.48 Å². The zero-order valence-electron chi connectivity index (χ0n) is 14.9. The smallest absolute Gasteiger partial charge is 0.338 e. The van der Waals surface area contributed by atoms with Gasteiger partial charge in [-0.05, 0) is 50.5 Å². The quantitative estimate of drug-likeness (QED) is 0.802. The number of fused-ring (bicyclic) bond motifs is 1. The molecule has 0 spiro atoms. The van der Waals surface area contributed by atoms with Crippen LogP contribution in [-0.4, -0.2) is 34.8 Å². The maximum Gasteiger partial charge on any atom is 0.338 e. The van der Waals surface area contributed by atoms with Crippen LogP contribution in [0.15, 0.2) is 30.6 Å². The molecule has 0 N–H and O–H groups in total. The number of ether oxygens (including phenoxy) is 1. The molecule has 1 aliphatic rings. The molecule has 0 bridgehead atoms. The van der Waals surface area contributed by atoms with Gasteiger partial charge in [-0.2, -0.15) is 5.10 Å². The van der Waals surface area contributed by atoms with Crippen molar-refractivity contribution < 1.29 is 14.3 Å². The van der Waals surface area contributed by atoms with Crippen LogP contribution in [0.1, 0.15) is 47.7 Å². The highest BCUT2D eigenvalue weighted by Gasteiger charge is 2.28. The molecule has 2 aromatic rings. The second-order valence-electron chi connectivity index (χ2n) is 6.33. The van der Waals surface area contributed by atoms with Gasteiger partial charge < -0.3 is 9.64 Å². The number of hydrogen-bond acceptors (Lipinski definition) is 4. The molecule has 0 fully saturated rings. The summed E-state index contributed by atoms with van der Waals surface area (Å²) in [6, 6.07) is 5.44. The average Bonchev–Trinajstić information content (AvgIpc) is 3.06. The second kappa shape index (κ2) is 7.09. The standard InChI is InChI=1S/C19H23N3O3/c1-4-25-19(24)15-7-8-17-14(10-15)6-5-9-22(17)18(23)13(2)16-11-20-21(3)12-16/h7-8,10-13H,4-6,9H2,1-3H3. The Morgan fingerprint density at radius 2 is 2.16 bits per heavy atom. The molecule has 3 rings (SSSR count). The number of benzene rings is 1. The molecule has 1 unspecified atom stereocenters. The highest BCUT2D eigenvalue weighted by atomic mass is 16.5. The third-order valence-electron chi connectivity index (χ3n) is 4.57. The third kappa shape index (κ3) is 3.43. The van der Waals surface area contributed by atoms with Gasteiger partial charge >= 0.3 is 5.97 Å². The van der Waals surface area contributed by atoms with E-state index < -0.39 is 0 Å². The summed E-state index contributed by atoms with van der Waals surface area (Å²) in [5.41, 5.74) is 3.35. The Hall–Kier alpha value is -2.63. The molecule has 1 aromatic carbocycles. The van der Waals surface area contributed by atoms with Crippen LogP contribution in [0.2, 0.25) is 0 Å². The first-order valence-electron chi connectivity index (χ1n) is 8.61. The van der Waals surface area contributed by atoms with Gasteiger partial charge in [0.15, 0.2) is 0 Å². The van der Waals surface area contributed by atoms with Crippen molar-refractivity contribution in [3.8, 4) is 0 Å². The fourth-order valence-corrected chi connectivity index (χ4v) is 3.21. The Morgan fingerprint density at radius 3 is 2.84 bits per heavy atom. The zero-order chi connectivity index (χ0) is 18.0. The number of rotatable bonds is 4. The van der Waals surface area contributed by atoms with Crippen LogP contribution in [0.4, 0.5) is 5.69 Å². The van der Waals surface area contributed by atoms with Crippen molar-refractivity contribution in [3.05, 3.63) is 47.3 Å². The van der Waals surface area contributed by atoms with Crippen LogP contribution in [0.5, 0.6) is 0 Å². The molecule has 6 heteroatoms. The number of carbonyl (C=O) groups excluding carboxylic acids is 2. The van der Waals surface area contributed by atoms with E-state index in [2.05, 4.69) is 5.10 Å². The minimum absolute atomic E-state index is 0.0536. The number of aromatic nitrogens is 2. The van der Waals surface area contributed by atoms with Gasteiger partial charge in [-0.25, -0.2) is 4.79 Å². The van der Waals surface area contributed by atoms with E-state index in [1.807, 2.05) is 37.2 Å². The molecule has 1 aromatic heterocycles. The molecule has 2 heterocycles. The summed E-state index contributed by atoms with van der Waals surface area (Å²) >= 11 is 0. The van der Waals surface area contributed by atoms with E-state index in [1.54, 1.807) is 23.9 Å². The van der Waals surface area contributed by atoms with Gasteiger partial charge in [0.05, 0.1) is 24.3 Å². The molecule has 0 radical (unpaired) electrons. The molecule has 25 heavy (non-hydrogen) atoms. The first-order chi connectivity index (χ1) is 12.0. The van der Waals surface area contributed by atoms with Gasteiger partial charge in [0, 0.05) is 31.0 Å². The number of esters is 1. The lowest BCUT2D eigenvalue weighted by Gasteiger charge is -2.31. The second-order valence-corrected chi connectivity index (χ2v) is 6.33. The van der Waals surface area contributed by atoms with Gasteiger partial charge in [-0.15, -0.1) is 0 Å². The lowest BCUT2D eigenvalue weighted by molar-refractivity contribution is -0.119. The van der Waals surface area contributed by atoms with Crippen LogP contribution < -0.4 is 4.90 Å². The Morgan fingerprint density at radius 1 is 1.36 bits per heavy atom. The molecule has 6 nitrogen and oxygen atoms in total. The number of anilines is 1. The Balaban J connectivity index is 1.86. The van der Waals surface area contributed by atoms with Crippen molar-refractivity contribution in [2.45, 2.75) is 32.6 Å². The summed E-state index contributed by atoms with van der Waals surface area (Å²) in [5, 5.41) is 4.15. The van der Waals surface area contributed by atoms with Crippen molar-refractivity contribution in [3.63, 3.8) is 0 Å². The fraction of sp³-hybridized carbons (Fsp3) is 0.421. The maximum absolute atomic E-state index is 13.0. The largest absolute Gasteiger partial charge is 0.462 e. The molecule has 1 aliphatic heterocycles. The van der Waals surface area contributed by atoms with E-state index in [0.717, 1.165) is 29.7 Å². The molecular formula is C19H23N3O3. The highest BCUT2D eigenvalue weighted by Crippen LogP contribution is 2.31. The van der Waals surface area contributed by atoms with Gasteiger partial charge in [0.1, 0.15) is 0 Å². The van der Waals surface area contributed by atoms with Crippen molar-refractivity contribution in [1.29, 1.82) is 0 Å². The Bertz CT molecular complexity index is 797. The predicted octanol–water partition coefficient (Wildman–Crippen LogP) is 2.68. The number of amides is 1. The SMILES string of the molecule is CCOC(=O)c1ccc2c(c1)CCCN2C(=O)C(C)c1cnn(C)c1. The van der Waals surface area contributed by atoms with Gasteiger partial charge in [0.25, 0.3) is 0 Å². The Kier molecular flexibility index (Phi) is 4.88. The molecule has 1 amide bonds. The summed E-state index contributed by atoms with van der Waals surface area (Å²) in [7, 11) is 1.84. The number of aryl methyl sites for hydroxylation is 2. The number of hydrogen-bond donors (Lipinski definition) is 0. The zero-order valence-corrected chi connectivity index (χ0v) is 14.9. The van der Waals surface area contributed by atoms with Crippen LogP contribution >= 0.6 is 0 Å². The number of carbonyl (C=O) groups is 2. The normalized spacial score (nSPS) is 14.8. The van der Waals surface area contributed by atoms with E-state index in [4.69, 9.17) is 4.74 Å². The van der Waals surface area contributed by atoms with E-state index in [9.17, 15) is 9.59 Å². The third-order valence-corrected chi connectivity index (χ3v) is 4.57. The first-order valence-corrected chi connectivity index (χ1v) is 8.61. The van der Waals surface area contributed by atoms with Gasteiger partial charge in [-0.1, -0.05) is 0 Å². The lowest BCUT2D eigenvalue weighted by atomic mass is 9.96. The molecule has 132 valence electrons. The monoisotopic (exact) mass is 341 g/mol. The van der Waals surface area contributed by atoms with Crippen LogP contribution in [0.25, 0.3) is 0 Å². The summed E-state index contributed by atoms with van der Waals surface area (Å²) in [4.78, 5) is 26.7. The summed E-state index contributed by atoms with van der Waals surface area (Å²) < 4.78 is 6.77. The Labute approximate surface area is 147 Å². The topological polar surface area (TPSA) is 64.4 Å².